The van der Waals surface area contributed by atoms with E-state index in [9.17, 15) is 0 Å². The van der Waals surface area contributed by atoms with Gasteiger partial charge in [-0.3, -0.25) is 0 Å². The predicted octanol–water partition coefficient (Wildman–Crippen LogP) is 19.1. The fourth-order valence-corrected chi connectivity index (χ4v) is 12.4. The number of benzene rings is 10. The molecule has 0 unspecified atom stereocenters. The molecule has 3 nitrogen and oxygen atoms in total. The Morgan fingerprint density at radius 2 is 1.07 bits per heavy atom. The van der Waals surface area contributed by atoms with Crippen LogP contribution in [0.4, 0.5) is 17.1 Å². The van der Waals surface area contributed by atoms with E-state index in [1.807, 2.05) is 0 Å². The number of aromatic amines is 1. The summed E-state index contributed by atoms with van der Waals surface area (Å²) < 4.78 is 7.02. The Bertz CT molecular complexity index is 3980. The normalized spacial score (nSPS) is 15.5. The van der Waals surface area contributed by atoms with Crippen molar-refractivity contribution in [1.29, 1.82) is 0 Å². The standard InChI is InChI=1S/C67H50N2O/c1-42-39-47(44-19-6-3-7-20-44)35-36-48(42)57-40-59-52-37-38-55-51-23-11-15-30-64(51)70-67(55)65(52)56-24-10-14-29-62(56)69(61-28-13-9-21-49(61)46-33-31-45(32-34-46)43-17-4-2-5-18-43)63(59)41-58(57)54-26-16-25-53-50-22-8-12-27-60(50)68-66(53)54/h2-30,35-41,45-46,68H,31-34H2,1H3. The third-order valence-electron chi connectivity index (χ3n) is 15.7. The molecule has 1 fully saturated rings. The minimum absolute atomic E-state index is 0.420. The molecule has 3 heterocycles. The summed E-state index contributed by atoms with van der Waals surface area (Å²) >= 11 is 0. The van der Waals surface area contributed by atoms with Crippen LogP contribution in [0.5, 0.6) is 0 Å². The van der Waals surface area contributed by atoms with E-state index >= 15 is 0 Å². The molecular formula is C67H50N2O. The molecule has 3 heteroatoms. The van der Waals surface area contributed by atoms with E-state index in [0.29, 0.717) is 11.8 Å². The topological polar surface area (TPSA) is 32.2 Å². The molecule has 70 heavy (non-hydrogen) atoms. The van der Waals surface area contributed by atoms with Crippen LogP contribution in [0, 0.1) is 6.92 Å². The van der Waals surface area contributed by atoms with E-state index in [1.165, 1.54) is 84.9 Å². The summed E-state index contributed by atoms with van der Waals surface area (Å²) in [6.07, 6.45) is 4.64. The number of aromatic nitrogens is 1. The van der Waals surface area contributed by atoms with Gasteiger partial charge in [0.15, 0.2) is 0 Å². The highest BCUT2D eigenvalue weighted by Crippen LogP contribution is 2.57. The molecular weight excluding hydrogens is 849 g/mol. The van der Waals surface area contributed by atoms with Gasteiger partial charge in [0, 0.05) is 55.0 Å². The first-order chi connectivity index (χ1) is 34.6. The fourth-order valence-electron chi connectivity index (χ4n) is 12.4. The van der Waals surface area contributed by atoms with Crippen LogP contribution in [0.25, 0.3) is 99.4 Å². The number of fused-ring (bicyclic) bond motifs is 12. The maximum Gasteiger partial charge on any atom is 0.143 e. The molecule has 334 valence electrons. The van der Waals surface area contributed by atoms with E-state index in [1.54, 1.807) is 0 Å². The van der Waals surface area contributed by atoms with Crippen molar-refractivity contribution in [2.75, 3.05) is 4.90 Å². The fraction of sp³-hybridized carbons (Fsp3) is 0.104. The lowest BCUT2D eigenvalue weighted by Gasteiger charge is -2.34. The first-order valence-electron chi connectivity index (χ1n) is 25.0. The average Bonchev–Trinajstić information content (AvgIpc) is 3.97. The van der Waals surface area contributed by atoms with Crippen molar-refractivity contribution in [1.82, 2.24) is 4.98 Å². The van der Waals surface area contributed by atoms with Gasteiger partial charge in [-0.05, 0) is 137 Å². The van der Waals surface area contributed by atoms with Crippen LogP contribution in [0.2, 0.25) is 0 Å². The molecule has 2 aromatic heterocycles. The van der Waals surface area contributed by atoms with Gasteiger partial charge in [-0.25, -0.2) is 0 Å². The highest BCUT2D eigenvalue weighted by atomic mass is 16.3. The highest BCUT2D eigenvalue weighted by Gasteiger charge is 2.34. The zero-order valence-electron chi connectivity index (χ0n) is 39.1. The van der Waals surface area contributed by atoms with Crippen molar-refractivity contribution in [3.05, 3.63) is 235 Å². The molecule has 1 N–H and O–H groups in total. The molecule has 0 amide bonds. The van der Waals surface area contributed by atoms with Crippen LogP contribution in [0.1, 0.15) is 54.2 Å². The molecule has 0 saturated heterocycles. The number of nitrogens with one attached hydrogen (secondary N) is 1. The summed E-state index contributed by atoms with van der Waals surface area (Å²) in [6, 6.07) is 80.9. The lowest BCUT2D eigenvalue weighted by atomic mass is 9.75. The molecule has 0 atom stereocenters. The molecule has 0 radical (unpaired) electrons. The molecule has 0 bridgehead atoms. The minimum atomic E-state index is 0.420. The Hall–Kier alpha value is -8.40. The monoisotopic (exact) mass is 898 g/mol. The van der Waals surface area contributed by atoms with Crippen LogP contribution in [-0.2, 0) is 0 Å². The number of rotatable bonds is 6. The van der Waals surface area contributed by atoms with E-state index in [4.69, 9.17) is 4.42 Å². The van der Waals surface area contributed by atoms with Crippen molar-refractivity contribution in [3.8, 4) is 55.6 Å². The molecule has 14 rings (SSSR count). The van der Waals surface area contributed by atoms with Crippen molar-refractivity contribution in [2.45, 2.75) is 44.4 Å². The third-order valence-corrected chi connectivity index (χ3v) is 15.7. The van der Waals surface area contributed by atoms with Crippen LogP contribution >= 0.6 is 0 Å². The molecule has 10 aromatic carbocycles. The lowest BCUT2D eigenvalue weighted by Crippen LogP contribution is -2.17. The number of nitrogens with zero attached hydrogens (tertiary/aromatic N) is 1. The summed E-state index contributed by atoms with van der Waals surface area (Å²) in [4.78, 5) is 6.52. The van der Waals surface area contributed by atoms with Crippen molar-refractivity contribution in [3.63, 3.8) is 0 Å². The number of hydrogen-bond donors (Lipinski definition) is 1. The minimum Gasteiger partial charge on any atom is -0.455 e. The quantitative estimate of drug-likeness (QED) is 0.180. The van der Waals surface area contributed by atoms with Gasteiger partial charge in [-0.1, -0.05) is 176 Å². The molecule has 2 aliphatic rings. The second kappa shape index (κ2) is 16.4. The van der Waals surface area contributed by atoms with Gasteiger partial charge in [-0.15, -0.1) is 0 Å². The second-order valence-electron chi connectivity index (χ2n) is 19.5. The van der Waals surface area contributed by atoms with Crippen LogP contribution in [0.15, 0.2) is 223 Å². The summed E-state index contributed by atoms with van der Waals surface area (Å²) in [7, 11) is 0. The van der Waals surface area contributed by atoms with Crippen molar-refractivity contribution in [2.24, 2.45) is 0 Å². The molecule has 1 aliphatic carbocycles. The maximum atomic E-state index is 7.02. The molecule has 1 aliphatic heterocycles. The Morgan fingerprint density at radius 3 is 1.91 bits per heavy atom. The van der Waals surface area contributed by atoms with Gasteiger partial charge >= 0.3 is 0 Å². The largest absolute Gasteiger partial charge is 0.455 e. The Balaban J connectivity index is 1.06. The lowest BCUT2D eigenvalue weighted by molar-refractivity contribution is 0.397. The van der Waals surface area contributed by atoms with Crippen molar-refractivity contribution >= 4 is 60.8 Å². The Kier molecular flexibility index (Phi) is 9.52. The summed E-state index contributed by atoms with van der Waals surface area (Å²) in [5.74, 6) is 1.01. The first kappa shape index (κ1) is 40.6. The summed E-state index contributed by atoms with van der Waals surface area (Å²) in [5, 5.41) is 4.72. The number of para-hydroxylation sites is 5. The Morgan fingerprint density at radius 1 is 0.414 bits per heavy atom. The summed E-state index contributed by atoms with van der Waals surface area (Å²) in [5.41, 5.74) is 23.5. The van der Waals surface area contributed by atoms with Crippen molar-refractivity contribution < 1.29 is 4.42 Å². The maximum absolute atomic E-state index is 7.02. The molecule has 1 saturated carbocycles. The van der Waals surface area contributed by atoms with Crippen LogP contribution in [-0.4, -0.2) is 4.98 Å². The molecule has 12 aromatic rings. The summed E-state index contributed by atoms with van der Waals surface area (Å²) in [6.45, 7) is 2.28. The van der Waals surface area contributed by atoms with Gasteiger partial charge in [0.2, 0.25) is 0 Å². The first-order valence-corrected chi connectivity index (χ1v) is 25.0. The number of hydrogen-bond acceptors (Lipinski definition) is 2. The van der Waals surface area contributed by atoms with Gasteiger partial charge in [0.25, 0.3) is 0 Å². The SMILES string of the molecule is Cc1cc(-c2ccccc2)ccc1-c1cc2c(cc1-c1cccc3c1[nH]c1ccccc13)N(c1ccccc1C1CCC(c3ccccc3)CC1)c1ccccc1-c1c-2ccc2c1oc1ccccc12. The van der Waals surface area contributed by atoms with Gasteiger partial charge < -0.3 is 14.3 Å². The highest BCUT2D eigenvalue weighted by molar-refractivity contribution is 6.18. The molecule has 0 spiro atoms. The smallest absolute Gasteiger partial charge is 0.143 e. The van der Waals surface area contributed by atoms with Gasteiger partial charge in [-0.2, -0.15) is 0 Å². The van der Waals surface area contributed by atoms with E-state index < -0.39 is 0 Å². The van der Waals surface area contributed by atoms with Crippen LogP contribution in [0.3, 0.4) is 0 Å². The number of anilines is 3. The number of aryl methyl sites for hydroxylation is 1. The zero-order valence-corrected chi connectivity index (χ0v) is 39.1. The Labute approximate surface area is 408 Å². The van der Waals surface area contributed by atoms with Gasteiger partial charge in [0.1, 0.15) is 11.2 Å². The second-order valence-corrected chi connectivity index (χ2v) is 19.5. The van der Waals surface area contributed by atoms with Gasteiger partial charge in [0.05, 0.1) is 16.9 Å². The third kappa shape index (κ3) is 6.49. The number of furan rings is 1. The predicted molar refractivity (Wildman–Crippen MR) is 294 cm³/mol. The number of H-pyrrole nitrogens is 1. The van der Waals surface area contributed by atoms with Crippen LogP contribution < -0.4 is 4.90 Å². The van der Waals surface area contributed by atoms with E-state index in [0.717, 1.165) is 73.9 Å². The average molecular weight is 899 g/mol. The van der Waals surface area contributed by atoms with E-state index in [2.05, 4.69) is 235 Å². The van der Waals surface area contributed by atoms with E-state index in [-0.39, 0.29) is 0 Å². The zero-order chi connectivity index (χ0) is 46.3.